The number of likely N-dealkylation sites (N-methyl/N-ethyl adjacent to an activating group) is 1. The van der Waals surface area contributed by atoms with Crippen LogP contribution in [0.4, 0.5) is 5.69 Å². The van der Waals surface area contributed by atoms with Crippen LogP contribution < -0.4 is 4.90 Å². The number of carbonyl (C=O) groups excluding carboxylic acids is 2. The van der Waals surface area contributed by atoms with E-state index in [0.29, 0.717) is 6.54 Å². The predicted octanol–water partition coefficient (Wildman–Crippen LogP) is 1.90. The van der Waals surface area contributed by atoms with Crippen LogP contribution in [0.15, 0.2) is 18.2 Å². The maximum Gasteiger partial charge on any atom is 0.256 e. The van der Waals surface area contributed by atoms with E-state index in [9.17, 15) is 9.59 Å². The number of carbonyl (C=O) groups is 2. The van der Waals surface area contributed by atoms with Crippen LogP contribution in [-0.4, -0.2) is 60.9 Å². The standard InChI is InChI=1S/C18H25N3O2/c1-13-6-7-16(20-8-4-5-9-20)15(10-13)18(23)21-11-14(2)19(3)17(22)12-21/h6-7,10,14H,4-5,8-9,11-12H2,1-3H3. The van der Waals surface area contributed by atoms with Crippen LogP contribution >= 0.6 is 0 Å². The Kier molecular flexibility index (Phi) is 4.28. The molecule has 1 aromatic rings. The summed E-state index contributed by atoms with van der Waals surface area (Å²) >= 11 is 0. The summed E-state index contributed by atoms with van der Waals surface area (Å²) < 4.78 is 0. The van der Waals surface area contributed by atoms with Gasteiger partial charge >= 0.3 is 0 Å². The van der Waals surface area contributed by atoms with Gasteiger partial charge in [-0.15, -0.1) is 0 Å². The molecule has 0 saturated carbocycles. The summed E-state index contributed by atoms with van der Waals surface area (Å²) in [6, 6.07) is 6.13. The quantitative estimate of drug-likeness (QED) is 0.837. The zero-order chi connectivity index (χ0) is 16.6. The van der Waals surface area contributed by atoms with Crippen molar-refractivity contribution in [3.05, 3.63) is 29.3 Å². The number of hydrogen-bond donors (Lipinski definition) is 0. The summed E-state index contributed by atoms with van der Waals surface area (Å²) in [5, 5.41) is 0. The fraction of sp³-hybridized carbons (Fsp3) is 0.556. The first-order chi connectivity index (χ1) is 11.0. The first-order valence-corrected chi connectivity index (χ1v) is 8.38. The third-order valence-electron chi connectivity index (χ3n) is 4.98. The monoisotopic (exact) mass is 315 g/mol. The molecular weight excluding hydrogens is 290 g/mol. The number of rotatable bonds is 2. The second kappa shape index (κ2) is 6.22. The van der Waals surface area contributed by atoms with E-state index in [0.717, 1.165) is 29.9 Å². The molecule has 23 heavy (non-hydrogen) atoms. The van der Waals surface area contributed by atoms with Gasteiger partial charge in [0.25, 0.3) is 5.91 Å². The minimum Gasteiger partial charge on any atom is -0.371 e. The van der Waals surface area contributed by atoms with Gasteiger partial charge in [-0.05, 0) is 38.8 Å². The van der Waals surface area contributed by atoms with Gasteiger partial charge in [0.15, 0.2) is 0 Å². The van der Waals surface area contributed by atoms with Crippen LogP contribution in [0.1, 0.15) is 35.7 Å². The molecule has 1 atom stereocenters. The van der Waals surface area contributed by atoms with Crippen molar-refractivity contribution in [1.82, 2.24) is 9.80 Å². The average molecular weight is 315 g/mol. The van der Waals surface area contributed by atoms with Crippen LogP contribution in [0, 0.1) is 6.92 Å². The molecule has 0 bridgehead atoms. The van der Waals surface area contributed by atoms with Gasteiger partial charge in [0.2, 0.25) is 5.91 Å². The van der Waals surface area contributed by atoms with Gasteiger partial charge in [-0.2, -0.15) is 0 Å². The average Bonchev–Trinajstić information content (AvgIpc) is 3.05. The zero-order valence-corrected chi connectivity index (χ0v) is 14.2. The molecule has 2 aliphatic heterocycles. The number of amides is 2. The zero-order valence-electron chi connectivity index (χ0n) is 14.2. The summed E-state index contributed by atoms with van der Waals surface area (Å²) in [6.45, 7) is 6.75. The molecule has 0 N–H and O–H groups in total. The fourth-order valence-electron chi connectivity index (χ4n) is 3.41. The Bertz CT molecular complexity index is 623. The lowest BCUT2D eigenvalue weighted by atomic mass is 10.1. The summed E-state index contributed by atoms with van der Waals surface area (Å²) in [4.78, 5) is 30.8. The number of nitrogens with zero attached hydrogens (tertiary/aromatic N) is 3. The summed E-state index contributed by atoms with van der Waals surface area (Å²) in [5.41, 5.74) is 2.82. The number of benzene rings is 1. The Morgan fingerprint density at radius 2 is 1.91 bits per heavy atom. The van der Waals surface area contributed by atoms with E-state index in [1.165, 1.54) is 12.8 Å². The van der Waals surface area contributed by atoms with Gasteiger partial charge in [0.05, 0.1) is 5.56 Å². The molecule has 2 fully saturated rings. The van der Waals surface area contributed by atoms with E-state index in [1.54, 1.807) is 16.8 Å². The van der Waals surface area contributed by atoms with Crippen molar-refractivity contribution in [3.63, 3.8) is 0 Å². The molecule has 0 aliphatic carbocycles. The van der Waals surface area contributed by atoms with Gasteiger partial charge < -0.3 is 14.7 Å². The summed E-state index contributed by atoms with van der Waals surface area (Å²) in [7, 11) is 1.80. The first-order valence-electron chi connectivity index (χ1n) is 8.38. The summed E-state index contributed by atoms with van der Waals surface area (Å²) in [5.74, 6) is -0.0172. The molecule has 2 amide bonds. The lowest BCUT2D eigenvalue weighted by Gasteiger charge is -2.37. The molecule has 3 rings (SSSR count). The molecule has 0 radical (unpaired) electrons. The largest absolute Gasteiger partial charge is 0.371 e. The van der Waals surface area contributed by atoms with Gasteiger partial charge in [0.1, 0.15) is 6.54 Å². The Hall–Kier alpha value is -2.04. The fourth-order valence-corrected chi connectivity index (χ4v) is 3.41. The third-order valence-corrected chi connectivity index (χ3v) is 4.98. The van der Waals surface area contributed by atoms with E-state index in [1.807, 2.05) is 19.9 Å². The van der Waals surface area contributed by atoms with Crippen LogP contribution in [0.25, 0.3) is 0 Å². The van der Waals surface area contributed by atoms with E-state index in [2.05, 4.69) is 17.0 Å². The van der Waals surface area contributed by atoms with Crippen molar-refractivity contribution in [3.8, 4) is 0 Å². The highest BCUT2D eigenvalue weighted by Gasteiger charge is 2.32. The van der Waals surface area contributed by atoms with Crippen molar-refractivity contribution < 1.29 is 9.59 Å². The number of aryl methyl sites for hydroxylation is 1. The number of piperazine rings is 1. The van der Waals surface area contributed by atoms with E-state index >= 15 is 0 Å². The molecule has 2 aliphatic rings. The molecule has 124 valence electrons. The Morgan fingerprint density at radius 1 is 1.22 bits per heavy atom. The number of anilines is 1. The minimum atomic E-state index is -0.0242. The highest BCUT2D eigenvalue weighted by Crippen LogP contribution is 2.27. The molecule has 2 saturated heterocycles. The van der Waals surface area contributed by atoms with E-state index < -0.39 is 0 Å². The smallest absolute Gasteiger partial charge is 0.256 e. The van der Waals surface area contributed by atoms with Crippen LogP contribution in [0.2, 0.25) is 0 Å². The number of hydrogen-bond acceptors (Lipinski definition) is 3. The van der Waals surface area contributed by atoms with Gasteiger partial charge in [-0.3, -0.25) is 9.59 Å². The van der Waals surface area contributed by atoms with Crippen molar-refractivity contribution in [1.29, 1.82) is 0 Å². The molecule has 2 heterocycles. The molecule has 5 heteroatoms. The minimum absolute atomic E-state index is 0.00692. The lowest BCUT2D eigenvalue weighted by molar-refractivity contribution is -0.136. The maximum atomic E-state index is 13.1. The molecule has 0 aromatic heterocycles. The Balaban J connectivity index is 1.89. The van der Waals surface area contributed by atoms with Gasteiger partial charge in [-0.25, -0.2) is 0 Å². The van der Waals surface area contributed by atoms with E-state index in [-0.39, 0.29) is 24.4 Å². The highest BCUT2D eigenvalue weighted by atomic mass is 16.2. The topological polar surface area (TPSA) is 43.9 Å². The van der Waals surface area contributed by atoms with Crippen LogP contribution in [-0.2, 0) is 4.79 Å². The lowest BCUT2D eigenvalue weighted by Crippen LogP contribution is -2.55. The maximum absolute atomic E-state index is 13.1. The van der Waals surface area contributed by atoms with Crippen molar-refractivity contribution in [2.45, 2.75) is 32.7 Å². The van der Waals surface area contributed by atoms with Crippen molar-refractivity contribution >= 4 is 17.5 Å². The molecule has 0 spiro atoms. The predicted molar refractivity (Wildman–Crippen MR) is 90.8 cm³/mol. The second-order valence-corrected chi connectivity index (χ2v) is 6.75. The second-order valence-electron chi connectivity index (χ2n) is 6.75. The Morgan fingerprint density at radius 3 is 2.57 bits per heavy atom. The van der Waals surface area contributed by atoms with Crippen LogP contribution in [0.5, 0.6) is 0 Å². The summed E-state index contributed by atoms with van der Waals surface area (Å²) in [6.07, 6.45) is 2.34. The highest BCUT2D eigenvalue weighted by molar-refractivity contribution is 6.02. The Labute approximate surface area is 137 Å². The first kappa shape index (κ1) is 15.8. The molecule has 1 aromatic carbocycles. The van der Waals surface area contributed by atoms with Crippen molar-refractivity contribution in [2.75, 3.05) is 38.1 Å². The third kappa shape index (κ3) is 3.05. The van der Waals surface area contributed by atoms with E-state index in [4.69, 9.17) is 0 Å². The molecule has 5 nitrogen and oxygen atoms in total. The van der Waals surface area contributed by atoms with Gasteiger partial charge in [-0.1, -0.05) is 11.6 Å². The van der Waals surface area contributed by atoms with Crippen LogP contribution in [0.3, 0.4) is 0 Å². The molecular formula is C18H25N3O2. The van der Waals surface area contributed by atoms with Crippen molar-refractivity contribution in [2.24, 2.45) is 0 Å². The normalized spacial score (nSPS) is 22.0. The SMILES string of the molecule is Cc1ccc(N2CCCC2)c(C(=O)N2CC(=O)N(C)C(C)C2)c1. The van der Waals surface area contributed by atoms with Gasteiger partial charge in [0, 0.05) is 38.4 Å². The molecule has 1 unspecified atom stereocenters.